The standard InChI is InChI=1S/C16H15BrCl2O2/c1-9-6-14(20-2)15(21-3)8-11(9)16(19)12-7-10(17)4-5-13(12)18/h4-8,16H,1-3H3. The van der Waals surface area contributed by atoms with Gasteiger partial charge in [0.1, 0.15) is 0 Å². The van der Waals surface area contributed by atoms with Crippen LogP contribution >= 0.6 is 39.1 Å². The predicted octanol–water partition coefficient (Wildman–Crippen LogP) is 5.76. The molecule has 1 atom stereocenters. The van der Waals surface area contributed by atoms with Crippen molar-refractivity contribution in [2.75, 3.05) is 14.2 Å². The van der Waals surface area contributed by atoms with Crippen LogP contribution in [0.15, 0.2) is 34.8 Å². The van der Waals surface area contributed by atoms with E-state index >= 15 is 0 Å². The van der Waals surface area contributed by atoms with E-state index in [4.69, 9.17) is 32.7 Å². The van der Waals surface area contributed by atoms with Gasteiger partial charge in [-0.3, -0.25) is 0 Å². The van der Waals surface area contributed by atoms with Crippen molar-refractivity contribution < 1.29 is 9.47 Å². The van der Waals surface area contributed by atoms with Gasteiger partial charge in [0.05, 0.1) is 19.6 Å². The van der Waals surface area contributed by atoms with E-state index in [1.54, 1.807) is 14.2 Å². The number of methoxy groups -OCH3 is 2. The highest BCUT2D eigenvalue weighted by Gasteiger charge is 2.19. The zero-order chi connectivity index (χ0) is 15.6. The summed E-state index contributed by atoms with van der Waals surface area (Å²) in [6, 6.07) is 9.44. The molecule has 1 unspecified atom stereocenters. The van der Waals surface area contributed by atoms with Crippen molar-refractivity contribution in [3.05, 3.63) is 56.5 Å². The Labute approximate surface area is 143 Å². The molecule has 0 saturated heterocycles. The maximum absolute atomic E-state index is 6.64. The first-order valence-corrected chi connectivity index (χ1v) is 7.90. The van der Waals surface area contributed by atoms with E-state index < -0.39 is 0 Å². The average Bonchev–Trinajstić information content (AvgIpc) is 2.48. The number of hydrogen-bond donors (Lipinski definition) is 0. The van der Waals surface area contributed by atoms with Crippen LogP contribution in [0.1, 0.15) is 22.1 Å². The fraction of sp³-hybridized carbons (Fsp3) is 0.250. The predicted molar refractivity (Wildman–Crippen MR) is 91.1 cm³/mol. The van der Waals surface area contributed by atoms with E-state index in [1.165, 1.54) is 0 Å². The lowest BCUT2D eigenvalue weighted by molar-refractivity contribution is 0.354. The Kier molecular flexibility index (Phi) is 5.42. The van der Waals surface area contributed by atoms with Gasteiger partial charge in [0, 0.05) is 9.50 Å². The molecular weight excluding hydrogens is 375 g/mol. The molecule has 2 aromatic carbocycles. The zero-order valence-corrected chi connectivity index (χ0v) is 15.0. The van der Waals surface area contributed by atoms with Gasteiger partial charge in [0.2, 0.25) is 0 Å². The van der Waals surface area contributed by atoms with Crippen LogP contribution in [-0.4, -0.2) is 14.2 Å². The van der Waals surface area contributed by atoms with Gasteiger partial charge < -0.3 is 9.47 Å². The van der Waals surface area contributed by atoms with Gasteiger partial charge in [-0.15, -0.1) is 11.6 Å². The van der Waals surface area contributed by atoms with Crippen molar-refractivity contribution in [3.8, 4) is 11.5 Å². The molecule has 0 aliphatic carbocycles. The first-order chi connectivity index (χ1) is 9.97. The van der Waals surface area contributed by atoms with Gasteiger partial charge in [0.25, 0.3) is 0 Å². The number of rotatable bonds is 4. The van der Waals surface area contributed by atoms with Crippen LogP contribution in [0.5, 0.6) is 11.5 Å². The van der Waals surface area contributed by atoms with Gasteiger partial charge >= 0.3 is 0 Å². The molecule has 0 radical (unpaired) electrons. The molecule has 21 heavy (non-hydrogen) atoms. The van der Waals surface area contributed by atoms with Gasteiger partial charge in [-0.25, -0.2) is 0 Å². The molecule has 0 aliphatic heterocycles. The molecule has 2 aromatic rings. The lowest BCUT2D eigenvalue weighted by Gasteiger charge is -2.18. The SMILES string of the molecule is COc1cc(C)c(C(Cl)c2cc(Br)ccc2Cl)cc1OC. The summed E-state index contributed by atoms with van der Waals surface area (Å²) in [7, 11) is 3.21. The third kappa shape index (κ3) is 3.47. The zero-order valence-electron chi connectivity index (χ0n) is 11.9. The van der Waals surface area contributed by atoms with Crippen LogP contribution in [0.4, 0.5) is 0 Å². The lowest BCUT2D eigenvalue weighted by Crippen LogP contribution is -2.00. The Balaban J connectivity index is 2.52. The second-order valence-corrected chi connectivity index (χ2v) is 6.35. The summed E-state index contributed by atoms with van der Waals surface area (Å²) in [5.41, 5.74) is 2.81. The Morgan fingerprint density at radius 2 is 1.62 bits per heavy atom. The molecule has 0 bridgehead atoms. The molecule has 0 fully saturated rings. The van der Waals surface area contributed by atoms with E-state index in [9.17, 15) is 0 Å². The van der Waals surface area contributed by atoms with E-state index in [1.807, 2.05) is 37.3 Å². The number of ether oxygens (including phenoxy) is 2. The van der Waals surface area contributed by atoms with Crippen LogP contribution in [0, 0.1) is 6.92 Å². The number of hydrogen-bond acceptors (Lipinski definition) is 2. The Bertz CT molecular complexity index is 659. The van der Waals surface area contributed by atoms with Gasteiger partial charge in [0.15, 0.2) is 11.5 Å². The maximum atomic E-state index is 6.64. The van der Waals surface area contributed by atoms with Crippen LogP contribution in [0.2, 0.25) is 5.02 Å². The van der Waals surface area contributed by atoms with Crippen molar-refractivity contribution in [2.24, 2.45) is 0 Å². The highest BCUT2D eigenvalue weighted by atomic mass is 79.9. The summed E-state index contributed by atoms with van der Waals surface area (Å²) in [6.07, 6.45) is 0. The second-order valence-electron chi connectivity index (χ2n) is 4.59. The summed E-state index contributed by atoms with van der Waals surface area (Å²) in [4.78, 5) is 0. The highest BCUT2D eigenvalue weighted by molar-refractivity contribution is 9.10. The summed E-state index contributed by atoms with van der Waals surface area (Å²) in [5.74, 6) is 1.33. The lowest BCUT2D eigenvalue weighted by atomic mass is 9.99. The normalized spacial score (nSPS) is 12.1. The van der Waals surface area contributed by atoms with E-state index in [2.05, 4.69) is 15.9 Å². The third-order valence-electron chi connectivity index (χ3n) is 3.28. The van der Waals surface area contributed by atoms with E-state index in [0.29, 0.717) is 16.5 Å². The fourth-order valence-electron chi connectivity index (χ4n) is 2.15. The molecule has 2 rings (SSSR count). The van der Waals surface area contributed by atoms with Crippen molar-refractivity contribution in [1.82, 2.24) is 0 Å². The Hall–Kier alpha value is -0.900. The van der Waals surface area contributed by atoms with Crippen molar-refractivity contribution >= 4 is 39.1 Å². The Morgan fingerprint density at radius 3 is 2.24 bits per heavy atom. The smallest absolute Gasteiger partial charge is 0.161 e. The number of alkyl halides is 1. The minimum Gasteiger partial charge on any atom is -0.493 e. The topological polar surface area (TPSA) is 18.5 Å². The first-order valence-electron chi connectivity index (χ1n) is 6.29. The molecule has 0 heterocycles. The molecule has 0 aliphatic rings. The summed E-state index contributed by atoms with van der Waals surface area (Å²) < 4.78 is 11.6. The minimum absolute atomic E-state index is 0.366. The number of aryl methyl sites for hydroxylation is 1. The monoisotopic (exact) mass is 388 g/mol. The fourth-order valence-corrected chi connectivity index (χ4v) is 3.22. The molecule has 112 valence electrons. The van der Waals surface area contributed by atoms with Crippen molar-refractivity contribution in [1.29, 1.82) is 0 Å². The number of benzene rings is 2. The summed E-state index contributed by atoms with van der Waals surface area (Å²) in [5, 5.41) is 0.266. The summed E-state index contributed by atoms with van der Waals surface area (Å²) in [6.45, 7) is 1.98. The van der Waals surface area contributed by atoms with Crippen molar-refractivity contribution in [3.63, 3.8) is 0 Å². The maximum Gasteiger partial charge on any atom is 0.161 e. The van der Waals surface area contributed by atoms with Gasteiger partial charge in [-0.05, 0) is 53.9 Å². The average molecular weight is 390 g/mol. The third-order valence-corrected chi connectivity index (χ3v) is 4.58. The second kappa shape index (κ2) is 6.91. The quantitative estimate of drug-likeness (QED) is 0.619. The largest absolute Gasteiger partial charge is 0.493 e. The van der Waals surface area contributed by atoms with Gasteiger partial charge in [-0.2, -0.15) is 0 Å². The molecule has 0 N–H and O–H groups in total. The molecule has 0 spiro atoms. The Morgan fingerprint density at radius 1 is 1.00 bits per heavy atom. The minimum atomic E-state index is -0.366. The first kappa shape index (κ1) is 16.5. The highest BCUT2D eigenvalue weighted by Crippen LogP contribution is 2.40. The van der Waals surface area contributed by atoms with E-state index in [-0.39, 0.29) is 5.38 Å². The molecule has 0 amide bonds. The summed E-state index contributed by atoms with van der Waals surface area (Å²) >= 11 is 16.3. The van der Waals surface area contributed by atoms with Crippen molar-refractivity contribution in [2.45, 2.75) is 12.3 Å². The molecule has 2 nitrogen and oxygen atoms in total. The van der Waals surface area contributed by atoms with Crippen LogP contribution in [-0.2, 0) is 0 Å². The van der Waals surface area contributed by atoms with Crippen LogP contribution in [0.3, 0.4) is 0 Å². The molecule has 0 aromatic heterocycles. The number of halogens is 3. The van der Waals surface area contributed by atoms with E-state index in [0.717, 1.165) is 21.2 Å². The van der Waals surface area contributed by atoms with Crippen LogP contribution < -0.4 is 9.47 Å². The molecule has 5 heteroatoms. The molecular formula is C16H15BrCl2O2. The van der Waals surface area contributed by atoms with Crippen LogP contribution in [0.25, 0.3) is 0 Å². The molecule has 0 saturated carbocycles. The van der Waals surface area contributed by atoms with Gasteiger partial charge in [-0.1, -0.05) is 27.5 Å².